The maximum absolute atomic E-state index is 11.1. The van der Waals surface area contributed by atoms with E-state index in [0.717, 1.165) is 10.9 Å². The van der Waals surface area contributed by atoms with Crippen molar-refractivity contribution in [3.8, 4) is 0 Å². The molecule has 2 N–H and O–H groups in total. The van der Waals surface area contributed by atoms with Crippen LogP contribution in [0.25, 0.3) is 0 Å². The van der Waals surface area contributed by atoms with Gasteiger partial charge in [-0.1, -0.05) is 22.0 Å². The normalized spacial score (nSPS) is 12.2. The quantitative estimate of drug-likeness (QED) is 0.863. The summed E-state index contributed by atoms with van der Waals surface area (Å²) in [5.41, 5.74) is 8.09. The van der Waals surface area contributed by atoms with Gasteiger partial charge in [-0.3, -0.25) is 4.79 Å². The highest BCUT2D eigenvalue weighted by molar-refractivity contribution is 9.10. The van der Waals surface area contributed by atoms with Crippen molar-refractivity contribution in [2.24, 2.45) is 5.73 Å². The Bertz CT molecular complexity index is 379. The summed E-state index contributed by atoms with van der Waals surface area (Å²) in [6.45, 7) is 2.05. The number of carbonyl (C=O) groups excluding carboxylic acids is 1. The highest BCUT2D eigenvalue weighted by atomic mass is 79.9. The molecule has 1 aromatic rings. The Labute approximate surface area is 104 Å². The van der Waals surface area contributed by atoms with Crippen LogP contribution in [-0.4, -0.2) is 19.1 Å². The molecular weight excluding hydrogens is 270 g/mol. The average Bonchev–Trinajstić information content (AvgIpc) is 2.28. The first kappa shape index (κ1) is 13.2. The smallest absolute Gasteiger partial charge is 0.322 e. The van der Waals surface area contributed by atoms with E-state index in [1.165, 1.54) is 18.2 Å². The monoisotopic (exact) mass is 285 g/mol. The maximum Gasteiger partial charge on any atom is 0.322 e. The molecule has 0 bridgehead atoms. The van der Waals surface area contributed by atoms with Crippen LogP contribution in [0.3, 0.4) is 0 Å². The summed E-state index contributed by atoms with van der Waals surface area (Å²) < 4.78 is 5.62. The minimum absolute atomic E-state index is 0.354. The van der Waals surface area contributed by atoms with Crippen LogP contribution in [0.4, 0.5) is 0 Å². The Morgan fingerprint density at radius 3 is 2.88 bits per heavy atom. The van der Waals surface area contributed by atoms with Crippen LogP contribution in [0.5, 0.6) is 0 Å². The fraction of sp³-hybridized carbons (Fsp3) is 0.417. The van der Waals surface area contributed by atoms with Crippen molar-refractivity contribution in [1.82, 2.24) is 0 Å². The van der Waals surface area contributed by atoms with E-state index in [-0.39, 0.29) is 5.97 Å². The summed E-state index contributed by atoms with van der Waals surface area (Å²) in [7, 11) is 1.35. The zero-order valence-electron chi connectivity index (χ0n) is 9.50. The lowest BCUT2D eigenvalue weighted by atomic mass is 10.0. The first-order chi connectivity index (χ1) is 7.54. The number of halogens is 1. The molecule has 4 heteroatoms. The van der Waals surface area contributed by atoms with E-state index in [2.05, 4.69) is 26.7 Å². The Hall–Kier alpha value is -0.870. The van der Waals surface area contributed by atoms with Gasteiger partial charge >= 0.3 is 5.97 Å². The number of nitrogens with two attached hydrogens (primary N) is 1. The zero-order chi connectivity index (χ0) is 12.1. The summed E-state index contributed by atoms with van der Waals surface area (Å²) in [5, 5.41) is 0. The van der Waals surface area contributed by atoms with Gasteiger partial charge in [0.15, 0.2) is 0 Å². The molecule has 0 saturated carbocycles. The third-order valence-electron chi connectivity index (χ3n) is 2.54. The molecule has 0 fully saturated rings. The summed E-state index contributed by atoms with van der Waals surface area (Å²) >= 11 is 3.42. The van der Waals surface area contributed by atoms with E-state index in [9.17, 15) is 4.79 Å². The second kappa shape index (κ2) is 6.01. The second-order valence-electron chi connectivity index (χ2n) is 3.74. The van der Waals surface area contributed by atoms with Gasteiger partial charge in [0.05, 0.1) is 7.11 Å². The van der Waals surface area contributed by atoms with Crippen molar-refractivity contribution in [3.05, 3.63) is 33.8 Å². The van der Waals surface area contributed by atoms with E-state index in [1.807, 2.05) is 19.1 Å². The van der Waals surface area contributed by atoms with Crippen LogP contribution in [0, 0.1) is 6.92 Å². The fourth-order valence-electron chi connectivity index (χ4n) is 1.49. The van der Waals surface area contributed by atoms with E-state index in [0.29, 0.717) is 6.42 Å². The number of hydrogen-bond donors (Lipinski definition) is 1. The minimum Gasteiger partial charge on any atom is -0.468 e. The number of methoxy groups -OCH3 is 1. The van der Waals surface area contributed by atoms with Gasteiger partial charge in [-0.05, 0) is 43.0 Å². The predicted molar refractivity (Wildman–Crippen MR) is 67.2 cm³/mol. The number of esters is 1. The molecule has 3 nitrogen and oxygen atoms in total. The molecule has 1 rings (SSSR count). The fourth-order valence-corrected chi connectivity index (χ4v) is 1.90. The number of ether oxygens (including phenoxy) is 1. The summed E-state index contributed by atoms with van der Waals surface area (Å²) in [5.74, 6) is -0.354. The van der Waals surface area contributed by atoms with Gasteiger partial charge in [0.25, 0.3) is 0 Å². The summed E-state index contributed by atoms with van der Waals surface area (Å²) in [4.78, 5) is 11.1. The van der Waals surface area contributed by atoms with Gasteiger partial charge in [-0.25, -0.2) is 0 Å². The molecular formula is C12H16BrNO2. The van der Waals surface area contributed by atoms with Crippen molar-refractivity contribution in [2.75, 3.05) is 7.11 Å². The molecule has 0 amide bonds. The van der Waals surface area contributed by atoms with Crippen molar-refractivity contribution in [3.63, 3.8) is 0 Å². The number of rotatable bonds is 4. The molecule has 0 aliphatic heterocycles. The van der Waals surface area contributed by atoms with Crippen molar-refractivity contribution in [2.45, 2.75) is 25.8 Å². The van der Waals surface area contributed by atoms with Crippen LogP contribution < -0.4 is 5.73 Å². The number of carbonyl (C=O) groups is 1. The lowest BCUT2D eigenvalue weighted by Crippen LogP contribution is -2.31. The number of hydrogen-bond acceptors (Lipinski definition) is 3. The molecule has 0 radical (unpaired) electrons. The van der Waals surface area contributed by atoms with Crippen LogP contribution in [0.1, 0.15) is 17.5 Å². The minimum atomic E-state index is -0.539. The lowest BCUT2D eigenvalue weighted by Gasteiger charge is -2.10. The highest BCUT2D eigenvalue weighted by Gasteiger charge is 2.13. The topological polar surface area (TPSA) is 52.3 Å². The van der Waals surface area contributed by atoms with Crippen LogP contribution in [0.15, 0.2) is 22.7 Å². The Kier molecular flexibility index (Phi) is 4.96. The largest absolute Gasteiger partial charge is 0.468 e. The van der Waals surface area contributed by atoms with Crippen molar-refractivity contribution >= 4 is 21.9 Å². The molecule has 88 valence electrons. The zero-order valence-corrected chi connectivity index (χ0v) is 11.1. The molecule has 16 heavy (non-hydrogen) atoms. The van der Waals surface area contributed by atoms with Gasteiger partial charge < -0.3 is 10.5 Å². The summed E-state index contributed by atoms with van der Waals surface area (Å²) in [6.07, 6.45) is 1.38. The van der Waals surface area contributed by atoms with E-state index < -0.39 is 6.04 Å². The molecule has 1 aromatic carbocycles. The average molecular weight is 286 g/mol. The summed E-state index contributed by atoms with van der Waals surface area (Å²) in [6, 6.07) is 5.56. The first-order valence-corrected chi connectivity index (χ1v) is 5.92. The van der Waals surface area contributed by atoms with E-state index in [1.54, 1.807) is 0 Å². The highest BCUT2D eigenvalue weighted by Crippen LogP contribution is 2.17. The Morgan fingerprint density at radius 1 is 1.56 bits per heavy atom. The van der Waals surface area contributed by atoms with Crippen LogP contribution >= 0.6 is 15.9 Å². The molecule has 0 saturated heterocycles. The maximum atomic E-state index is 11.1. The predicted octanol–water partition coefficient (Wildman–Crippen LogP) is 2.19. The third kappa shape index (κ3) is 3.61. The van der Waals surface area contributed by atoms with Gasteiger partial charge in [-0.2, -0.15) is 0 Å². The number of aryl methyl sites for hydroxylation is 2. The van der Waals surface area contributed by atoms with Gasteiger partial charge in [0.1, 0.15) is 6.04 Å². The molecule has 0 heterocycles. The molecule has 0 spiro atoms. The Morgan fingerprint density at radius 2 is 2.25 bits per heavy atom. The van der Waals surface area contributed by atoms with Crippen molar-refractivity contribution in [1.29, 1.82) is 0 Å². The molecule has 0 aromatic heterocycles. The lowest BCUT2D eigenvalue weighted by molar-refractivity contribution is -0.142. The third-order valence-corrected chi connectivity index (χ3v) is 3.03. The second-order valence-corrected chi connectivity index (χ2v) is 4.65. The van der Waals surface area contributed by atoms with E-state index in [4.69, 9.17) is 5.73 Å². The molecule has 0 aliphatic carbocycles. The van der Waals surface area contributed by atoms with Gasteiger partial charge in [0, 0.05) is 4.47 Å². The SMILES string of the molecule is COC(=O)C(N)CCc1cc(Br)ccc1C. The van der Waals surface area contributed by atoms with Gasteiger partial charge in [0.2, 0.25) is 0 Å². The van der Waals surface area contributed by atoms with Crippen molar-refractivity contribution < 1.29 is 9.53 Å². The Balaban J connectivity index is 2.60. The molecule has 0 aliphatic rings. The molecule has 1 unspecified atom stereocenters. The van der Waals surface area contributed by atoms with Crippen LogP contribution in [0.2, 0.25) is 0 Å². The first-order valence-electron chi connectivity index (χ1n) is 5.13. The van der Waals surface area contributed by atoms with E-state index >= 15 is 0 Å². The standard InChI is InChI=1S/C12H16BrNO2/c1-8-3-5-10(13)7-9(8)4-6-11(14)12(15)16-2/h3,5,7,11H,4,6,14H2,1-2H3. The van der Waals surface area contributed by atoms with Crippen LogP contribution in [-0.2, 0) is 16.0 Å². The molecule has 1 atom stereocenters. The number of benzene rings is 1. The van der Waals surface area contributed by atoms with Gasteiger partial charge in [-0.15, -0.1) is 0 Å².